The Bertz CT molecular complexity index is 515. The Kier molecular flexibility index (Phi) is 20.5. The molecule has 1 N–H and O–H groups in total. The van der Waals surface area contributed by atoms with E-state index in [0.29, 0.717) is 12.8 Å². The third-order valence-electron chi connectivity index (χ3n) is 7.18. The minimum atomic E-state index is -0.746. The lowest BCUT2D eigenvalue weighted by Crippen LogP contribution is -2.35. The molecular weight excluding hydrogens is 440 g/mol. The largest absolute Gasteiger partial charge is 0.469 e. The topological polar surface area (TPSA) is 65.0 Å². The van der Waals surface area contributed by atoms with Crippen molar-refractivity contribution < 1.29 is 24.1 Å². The van der Waals surface area contributed by atoms with Crippen molar-refractivity contribution in [2.45, 2.75) is 154 Å². The molecule has 1 aliphatic rings. The molecule has 0 bridgehead atoms. The molecule has 35 heavy (non-hydrogen) atoms. The highest BCUT2D eigenvalue weighted by Crippen LogP contribution is 2.24. The molecule has 0 aromatic heterocycles. The number of carbonyl (C=O) groups is 1. The SMILES string of the molecule is CCCCCCCC/C=C\CCCCCCC[C@@H](C[C@H](O)[C@H](CC)C(=O)OC)OC1CCCCO1. The van der Waals surface area contributed by atoms with Crippen molar-refractivity contribution in [3.8, 4) is 0 Å². The standard InChI is InChI=1S/C30H56O5/c1-4-6-7-8-9-10-11-12-13-14-15-16-17-18-19-22-26(35-29-23-20-21-24-34-29)25-28(31)27(5-2)30(32)33-3/h12-13,26-29,31H,4-11,14-25H2,1-3H3/b13-12-/t26-,27-,28-,29?/m0/s1. The van der Waals surface area contributed by atoms with Crippen molar-refractivity contribution in [2.24, 2.45) is 5.92 Å². The summed E-state index contributed by atoms with van der Waals surface area (Å²) in [5.74, 6) is -0.832. The van der Waals surface area contributed by atoms with Crippen LogP contribution in [0.1, 0.15) is 136 Å². The van der Waals surface area contributed by atoms with Crippen LogP contribution in [0.15, 0.2) is 12.2 Å². The molecule has 1 saturated heterocycles. The van der Waals surface area contributed by atoms with Gasteiger partial charge in [0.15, 0.2) is 6.29 Å². The van der Waals surface area contributed by atoms with E-state index in [0.717, 1.165) is 38.7 Å². The van der Waals surface area contributed by atoms with Crippen molar-refractivity contribution in [1.82, 2.24) is 0 Å². The average Bonchev–Trinajstić information content (AvgIpc) is 2.87. The van der Waals surface area contributed by atoms with Crippen molar-refractivity contribution in [3.63, 3.8) is 0 Å². The first-order valence-electron chi connectivity index (χ1n) is 14.8. The molecule has 0 aromatic rings. The van der Waals surface area contributed by atoms with Crippen molar-refractivity contribution in [3.05, 3.63) is 12.2 Å². The van der Waals surface area contributed by atoms with Crippen molar-refractivity contribution in [2.75, 3.05) is 13.7 Å². The number of rotatable bonds is 22. The summed E-state index contributed by atoms with van der Waals surface area (Å²) in [6.45, 7) is 4.92. The van der Waals surface area contributed by atoms with Crippen molar-refractivity contribution in [1.29, 1.82) is 0 Å². The number of esters is 1. The van der Waals surface area contributed by atoms with Crippen LogP contribution in [0.25, 0.3) is 0 Å². The first-order valence-corrected chi connectivity index (χ1v) is 14.8. The molecule has 5 heteroatoms. The molecule has 0 aromatic carbocycles. The van der Waals surface area contributed by atoms with Gasteiger partial charge in [0, 0.05) is 13.0 Å². The Morgan fingerprint density at radius 2 is 1.57 bits per heavy atom. The normalized spacial score (nSPS) is 19.0. The fourth-order valence-corrected chi connectivity index (χ4v) is 4.90. The van der Waals surface area contributed by atoms with Gasteiger partial charge in [0.05, 0.1) is 25.2 Å². The third kappa shape index (κ3) is 16.5. The van der Waals surface area contributed by atoms with E-state index in [-0.39, 0.29) is 18.4 Å². The van der Waals surface area contributed by atoms with Gasteiger partial charge in [0.2, 0.25) is 0 Å². The van der Waals surface area contributed by atoms with E-state index < -0.39 is 12.0 Å². The average molecular weight is 497 g/mol. The predicted molar refractivity (Wildman–Crippen MR) is 144 cm³/mol. The van der Waals surface area contributed by atoms with Crippen LogP contribution in [0, 0.1) is 5.92 Å². The summed E-state index contributed by atoms with van der Waals surface area (Å²) in [6.07, 6.45) is 25.4. The van der Waals surface area contributed by atoms with E-state index in [1.54, 1.807) is 0 Å². The Morgan fingerprint density at radius 3 is 2.14 bits per heavy atom. The highest BCUT2D eigenvalue weighted by atomic mass is 16.7. The minimum absolute atomic E-state index is 0.0864. The first-order chi connectivity index (χ1) is 17.1. The van der Waals surface area contributed by atoms with Crippen LogP contribution in [-0.4, -0.2) is 43.3 Å². The number of methoxy groups -OCH3 is 1. The number of hydrogen-bond donors (Lipinski definition) is 1. The van der Waals surface area contributed by atoms with E-state index in [1.165, 1.54) is 84.2 Å². The molecule has 0 radical (unpaired) electrons. The quantitative estimate of drug-likeness (QED) is 0.0938. The zero-order valence-electron chi connectivity index (χ0n) is 23.2. The van der Waals surface area contributed by atoms with E-state index in [9.17, 15) is 9.90 Å². The summed E-state index contributed by atoms with van der Waals surface area (Å²) in [5, 5.41) is 10.7. The molecule has 1 rings (SSSR count). The molecule has 1 fully saturated rings. The summed E-state index contributed by atoms with van der Waals surface area (Å²) in [4.78, 5) is 12.0. The molecule has 206 valence electrons. The zero-order valence-corrected chi connectivity index (χ0v) is 23.2. The number of hydrogen-bond acceptors (Lipinski definition) is 5. The van der Waals surface area contributed by atoms with Gasteiger partial charge in [-0.2, -0.15) is 0 Å². The fourth-order valence-electron chi connectivity index (χ4n) is 4.90. The van der Waals surface area contributed by atoms with Crippen molar-refractivity contribution >= 4 is 5.97 Å². The van der Waals surface area contributed by atoms with Crippen LogP contribution in [0.3, 0.4) is 0 Å². The fraction of sp³-hybridized carbons (Fsp3) is 0.900. The molecule has 1 unspecified atom stereocenters. The lowest BCUT2D eigenvalue weighted by Gasteiger charge is -2.30. The van der Waals surface area contributed by atoms with Crippen LogP contribution < -0.4 is 0 Å². The summed E-state index contributed by atoms with van der Waals surface area (Å²) in [6, 6.07) is 0. The second-order valence-corrected chi connectivity index (χ2v) is 10.3. The first kappa shape index (κ1) is 32.1. The van der Waals surface area contributed by atoms with Gasteiger partial charge in [-0.05, 0) is 57.8 Å². The maximum atomic E-state index is 12.0. The summed E-state index contributed by atoms with van der Waals surface area (Å²) in [7, 11) is 1.38. The van der Waals surface area contributed by atoms with E-state index in [1.807, 2.05) is 6.92 Å². The minimum Gasteiger partial charge on any atom is -0.469 e. The van der Waals surface area contributed by atoms with E-state index in [4.69, 9.17) is 14.2 Å². The molecule has 5 nitrogen and oxygen atoms in total. The number of carbonyl (C=O) groups excluding carboxylic acids is 1. The number of aliphatic hydroxyl groups excluding tert-OH is 1. The summed E-state index contributed by atoms with van der Waals surface area (Å²) in [5.41, 5.74) is 0. The van der Waals surface area contributed by atoms with Crippen LogP contribution in [-0.2, 0) is 19.0 Å². The highest BCUT2D eigenvalue weighted by molar-refractivity contribution is 5.72. The van der Waals surface area contributed by atoms with E-state index >= 15 is 0 Å². The van der Waals surface area contributed by atoms with Gasteiger partial charge >= 0.3 is 5.97 Å². The van der Waals surface area contributed by atoms with Crippen LogP contribution in [0.2, 0.25) is 0 Å². The number of ether oxygens (including phenoxy) is 3. The lowest BCUT2D eigenvalue weighted by molar-refractivity contribution is -0.196. The maximum Gasteiger partial charge on any atom is 0.311 e. The number of unbranched alkanes of at least 4 members (excludes halogenated alkanes) is 11. The monoisotopic (exact) mass is 496 g/mol. The van der Waals surface area contributed by atoms with Gasteiger partial charge in [-0.1, -0.05) is 83.8 Å². The van der Waals surface area contributed by atoms with Gasteiger partial charge in [0.25, 0.3) is 0 Å². The van der Waals surface area contributed by atoms with Crippen LogP contribution >= 0.6 is 0 Å². The van der Waals surface area contributed by atoms with Gasteiger partial charge in [-0.15, -0.1) is 0 Å². The molecule has 0 saturated carbocycles. The van der Waals surface area contributed by atoms with Gasteiger partial charge in [-0.25, -0.2) is 0 Å². The van der Waals surface area contributed by atoms with Crippen LogP contribution in [0.4, 0.5) is 0 Å². The second-order valence-electron chi connectivity index (χ2n) is 10.3. The van der Waals surface area contributed by atoms with Gasteiger partial charge < -0.3 is 19.3 Å². The molecule has 0 aliphatic carbocycles. The molecule has 4 atom stereocenters. The Hall–Kier alpha value is -0.910. The third-order valence-corrected chi connectivity index (χ3v) is 7.18. The smallest absolute Gasteiger partial charge is 0.311 e. The highest BCUT2D eigenvalue weighted by Gasteiger charge is 2.30. The summed E-state index contributed by atoms with van der Waals surface area (Å²) >= 11 is 0. The zero-order chi connectivity index (χ0) is 25.6. The Morgan fingerprint density at radius 1 is 0.943 bits per heavy atom. The molecule has 1 aliphatic heterocycles. The Balaban J connectivity index is 2.22. The second kappa shape index (κ2) is 22.3. The van der Waals surface area contributed by atoms with Gasteiger partial charge in [0.1, 0.15) is 0 Å². The van der Waals surface area contributed by atoms with E-state index in [2.05, 4.69) is 19.1 Å². The van der Waals surface area contributed by atoms with Gasteiger partial charge in [-0.3, -0.25) is 4.79 Å². The molecular formula is C30H56O5. The lowest BCUT2D eigenvalue weighted by atomic mass is 9.93. The molecule has 0 spiro atoms. The predicted octanol–water partition coefficient (Wildman–Crippen LogP) is 7.89. The van der Waals surface area contributed by atoms with Crippen LogP contribution in [0.5, 0.6) is 0 Å². The number of aliphatic hydroxyl groups is 1. The Labute approximate surface area is 216 Å². The summed E-state index contributed by atoms with van der Waals surface area (Å²) < 4.78 is 16.9. The number of allylic oxidation sites excluding steroid dienone is 2. The molecule has 0 amide bonds. The maximum absolute atomic E-state index is 12.0. The molecule has 1 heterocycles.